The van der Waals surface area contributed by atoms with Gasteiger partial charge >= 0.3 is 0 Å². The SMILES string of the molecule is COCc1ccc2c(c1)N(C(=O)CCl)CC2. The topological polar surface area (TPSA) is 29.5 Å². The number of halogens is 1. The van der Waals surface area contributed by atoms with Gasteiger partial charge in [0, 0.05) is 19.3 Å². The summed E-state index contributed by atoms with van der Waals surface area (Å²) < 4.78 is 5.08. The number of anilines is 1. The maximum atomic E-state index is 11.6. The van der Waals surface area contributed by atoms with Crippen molar-refractivity contribution >= 4 is 23.2 Å². The van der Waals surface area contributed by atoms with E-state index in [0.717, 1.165) is 24.2 Å². The molecule has 2 rings (SSSR count). The lowest BCUT2D eigenvalue weighted by molar-refractivity contribution is -0.116. The highest BCUT2D eigenvalue weighted by Gasteiger charge is 2.23. The number of carbonyl (C=O) groups excluding carboxylic acids is 1. The van der Waals surface area contributed by atoms with Crippen LogP contribution in [0, 0.1) is 0 Å². The van der Waals surface area contributed by atoms with Crippen molar-refractivity contribution in [1.82, 2.24) is 0 Å². The Balaban J connectivity index is 2.29. The lowest BCUT2D eigenvalue weighted by atomic mass is 10.1. The molecule has 0 spiro atoms. The monoisotopic (exact) mass is 239 g/mol. The first-order valence-corrected chi connectivity index (χ1v) is 5.76. The summed E-state index contributed by atoms with van der Waals surface area (Å²) >= 11 is 5.58. The Hall–Kier alpha value is -1.06. The Morgan fingerprint density at radius 1 is 1.56 bits per heavy atom. The number of alkyl halides is 1. The van der Waals surface area contributed by atoms with Crippen molar-refractivity contribution in [2.24, 2.45) is 0 Å². The number of carbonyl (C=O) groups is 1. The lowest BCUT2D eigenvalue weighted by Gasteiger charge is -2.16. The molecule has 4 heteroatoms. The smallest absolute Gasteiger partial charge is 0.241 e. The van der Waals surface area contributed by atoms with Crippen LogP contribution < -0.4 is 4.90 Å². The first kappa shape index (κ1) is 11.4. The average molecular weight is 240 g/mol. The molecule has 1 aliphatic rings. The average Bonchev–Trinajstić information content (AvgIpc) is 2.71. The Bertz CT molecular complexity index is 406. The predicted octanol–water partition coefficient (Wildman–Crippen LogP) is 1.96. The Labute approximate surface area is 100.0 Å². The van der Waals surface area contributed by atoms with Gasteiger partial charge in [0.25, 0.3) is 0 Å². The van der Waals surface area contributed by atoms with Gasteiger partial charge in [-0.1, -0.05) is 12.1 Å². The van der Waals surface area contributed by atoms with E-state index in [4.69, 9.17) is 16.3 Å². The molecule has 0 N–H and O–H groups in total. The van der Waals surface area contributed by atoms with Gasteiger partial charge in [-0.25, -0.2) is 0 Å². The van der Waals surface area contributed by atoms with Crippen LogP contribution in [0.4, 0.5) is 5.69 Å². The minimum Gasteiger partial charge on any atom is -0.380 e. The molecule has 1 aromatic rings. The Morgan fingerprint density at radius 2 is 2.38 bits per heavy atom. The van der Waals surface area contributed by atoms with Crippen LogP contribution in [-0.4, -0.2) is 25.4 Å². The number of nitrogens with zero attached hydrogens (tertiary/aromatic N) is 1. The maximum absolute atomic E-state index is 11.6. The van der Waals surface area contributed by atoms with E-state index in [9.17, 15) is 4.79 Å². The van der Waals surface area contributed by atoms with Crippen LogP contribution in [0.3, 0.4) is 0 Å². The number of hydrogen-bond donors (Lipinski definition) is 0. The van der Waals surface area contributed by atoms with Crippen molar-refractivity contribution < 1.29 is 9.53 Å². The molecule has 0 saturated heterocycles. The molecule has 1 heterocycles. The molecular formula is C12H14ClNO2. The second-order valence-corrected chi connectivity index (χ2v) is 4.09. The zero-order chi connectivity index (χ0) is 11.5. The van der Waals surface area contributed by atoms with E-state index >= 15 is 0 Å². The number of methoxy groups -OCH3 is 1. The quantitative estimate of drug-likeness (QED) is 0.755. The summed E-state index contributed by atoms with van der Waals surface area (Å²) in [5.74, 6) is 0.00324. The van der Waals surface area contributed by atoms with Gasteiger partial charge < -0.3 is 9.64 Å². The summed E-state index contributed by atoms with van der Waals surface area (Å²) in [4.78, 5) is 13.4. The van der Waals surface area contributed by atoms with E-state index < -0.39 is 0 Å². The normalized spacial score (nSPS) is 14.0. The molecule has 0 atom stereocenters. The van der Waals surface area contributed by atoms with Crippen molar-refractivity contribution in [1.29, 1.82) is 0 Å². The van der Waals surface area contributed by atoms with E-state index in [1.165, 1.54) is 5.56 Å². The first-order valence-electron chi connectivity index (χ1n) is 5.23. The van der Waals surface area contributed by atoms with Gasteiger partial charge in [0.05, 0.1) is 6.61 Å². The van der Waals surface area contributed by atoms with Crippen molar-refractivity contribution in [3.8, 4) is 0 Å². The van der Waals surface area contributed by atoms with Gasteiger partial charge in [0.2, 0.25) is 5.91 Å². The van der Waals surface area contributed by atoms with E-state index in [1.54, 1.807) is 12.0 Å². The molecule has 0 unspecified atom stereocenters. The summed E-state index contributed by atoms with van der Waals surface area (Å²) in [5.41, 5.74) is 3.27. The fraction of sp³-hybridized carbons (Fsp3) is 0.417. The van der Waals surface area contributed by atoms with E-state index in [0.29, 0.717) is 6.61 Å². The number of fused-ring (bicyclic) bond motifs is 1. The highest BCUT2D eigenvalue weighted by Crippen LogP contribution is 2.29. The van der Waals surface area contributed by atoms with Gasteiger partial charge in [-0.2, -0.15) is 0 Å². The van der Waals surface area contributed by atoms with Crippen LogP contribution >= 0.6 is 11.6 Å². The third-order valence-corrected chi connectivity index (χ3v) is 3.00. The van der Waals surface area contributed by atoms with Crippen molar-refractivity contribution in [2.45, 2.75) is 13.0 Å². The highest BCUT2D eigenvalue weighted by molar-refractivity contribution is 6.29. The van der Waals surface area contributed by atoms with Crippen molar-refractivity contribution in [2.75, 3.05) is 24.4 Å². The number of ether oxygens (including phenoxy) is 1. The van der Waals surface area contributed by atoms with E-state index in [-0.39, 0.29) is 11.8 Å². The third-order valence-electron chi connectivity index (χ3n) is 2.77. The largest absolute Gasteiger partial charge is 0.380 e. The molecule has 1 aromatic carbocycles. The first-order chi connectivity index (χ1) is 7.76. The molecule has 0 fully saturated rings. The molecule has 1 aliphatic heterocycles. The molecule has 16 heavy (non-hydrogen) atoms. The summed E-state index contributed by atoms with van der Waals surface area (Å²) in [6.07, 6.45) is 0.908. The molecule has 0 radical (unpaired) electrons. The number of hydrogen-bond acceptors (Lipinski definition) is 2. The molecule has 1 amide bonds. The van der Waals surface area contributed by atoms with Crippen LogP contribution in [0.5, 0.6) is 0 Å². The van der Waals surface area contributed by atoms with Crippen molar-refractivity contribution in [3.63, 3.8) is 0 Å². The fourth-order valence-electron chi connectivity index (χ4n) is 2.01. The second kappa shape index (κ2) is 4.85. The van der Waals surface area contributed by atoms with E-state index in [1.807, 2.05) is 12.1 Å². The van der Waals surface area contributed by atoms with Gasteiger partial charge in [0.15, 0.2) is 0 Å². The van der Waals surface area contributed by atoms with Gasteiger partial charge in [-0.15, -0.1) is 11.6 Å². The summed E-state index contributed by atoms with van der Waals surface area (Å²) in [7, 11) is 1.66. The van der Waals surface area contributed by atoms with Gasteiger partial charge in [0.1, 0.15) is 5.88 Å². The standard InChI is InChI=1S/C12H14ClNO2/c1-16-8-9-2-3-10-4-5-14(11(10)6-9)12(15)7-13/h2-3,6H,4-5,7-8H2,1H3. The molecule has 0 aliphatic carbocycles. The zero-order valence-electron chi connectivity index (χ0n) is 9.20. The summed E-state index contributed by atoms with van der Waals surface area (Å²) in [5, 5.41) is 0. The minimum atomic E-state index is -0.0324. The summed E-state index contributed by atoms with van der Waals surface area (Å²) in [6, 6.07) is 6.11. The van der Waals surface area contributed by atoms with Crippen LogP contribution in [0.2, 0.25) is 0 Å². The summed E-state index contributed by atoms with van der Waals surface area (Å²) in [6.45, 7) is 1.30. The number of benzene rings is 1. The van der Waals surface area contributed by atoms with Gasteiger partial charge in [-0.05, 0) is 23.6 Å². The van der Waals surface area contributed by atoms with Crippen LogP contribution in [0.15, 0.2) is 18.2 Å². The minimum absolute atomic E-state index is 0.0324. The zero-order valence-corrected chi connectivity index (χ0v) is 9.96. The maximum Gasteiger partial charge on any atom is 0.241 e. The Kier molecular flexibility index (Phi) is 3.46. The van der Waals surface area contributed by atoms with E-state index in [2.05, 4.69) is 6.07 Å². The number of rotatable bonds is 3. The second-order valence-electron chi connectivity index (χ2n) is 3.83. The third kappa shape index (κ3) is 2.06. The predicted molar refractivity (Wildman–Crippen MR) is 63.9 cm³/mol. The van der Waals surface area contributed by atoms with Gasteiger partial charge in [-0.3, -0.25) is 4.79 Å². The fourth-order valence-corrected chi connectivity index (χ4v) is 2.16. The van der Waals surface area contributed by atoms with Crippen LogP contribution in [-0.2, 0) is 22.6 Å². The molecule has 0 saturated carbocycles. The molecule has 3 nitrogen and oxygen atoms in total. The number of amides is 1. The highest BCUT2D eigenvalue weighted by atomic mass is 35.5. The lowest BCUT2D eigenvalue weighted by Crippen LogP contribution is -2.29. The Morgan fingerprint density at radius 3 is 3.06 bits per heavy atom. The molecule has 0 bridgehead atoms. The van der Waals surface area contributed by atoms with Crippen molar-refractivity contribution in [3.05, 3.63) is 29.3 Å². The van der Waals surface area contributed by atoms with Crippen LogP contribution in [0.25, 0.3) is 0 Å². The van der Waals surface area contributed by atoms with Crippen LogP contribution in [0.1, 0.15) is 11.1 Å². The molecule has 0 aromatic heterocycles. The molecule has 86 valence electrons. The molecular weight excluding hydrogens is 226 g/mol.